The van der Waals surface area contributed by atoms with E-state index in [1.807, 2.05) is 25.7 Å². The molecule has 0 aromatic carbocycles. The van der Waals surface area contributed by atoms with E-state index in [0.717, 1.165) is 0 Å². The molecule has 0 spiro atoms. The lowest BCUT2D eigenvalue weighted by Gasteiger charge is -2.22. The normalized spacial score (nSPS) is 23.2. The van der Waals surface area contributed by atoms with Gasteiger partial charge in [0, 0.05) is 13.1 Å². The first-order valence-electron chi connectivity index (χ1n) is 7.13. The highest BCUT2D eigenvalue weighted by molar-refractivity contribution is 5.74. The Hall–Kier alpha value is -1.89. The molecule has 3 rings (SSSR count). The van der Waals surface area contributed by atoms with E-state index in [-0.39, 0.29) is 11.1 Å². The van der Waals surface area contributed by atoms with E-state index >= 15 is 0 Å². The second-order valence-electron chi connectivity index (χ2n) is 7.02. The number of nitrogens with one attached hydrogen (secondary N) is 1. The summed E-state index contributed by atoms with van der Waals surface area (Å²) >= 11 is 0. The number of fused-ring (bicyclic) bond motifs is 1. The van der Waals surface area contributed by atoms with Crippen LogP contribution in [0.2, 0.25) is 0 Å². The Morgan fingerprint density at radius 3 is 2.71 bits per heavy atom. The van der Waals surface area contributed by atoms with Gasteiger partial charge in [-0.2, -0.15) is 10.1 Å². The highest BCUT2D eigenvalue weighted by Gasteiger charge is 2.33. The van der Waals surface area contributed by atoms with Crippen molar-refractivity contribution >= 4 is 17.0 Å². The quantitative estimate of drug-likeness (QED) is 0.813. The molecule has 0 saturated carbocycles. The summed E-state index contributed by atoms with van der Waals surface area (Å²) in [6.07, 6.45) is 2.21. The van der Waals surface area contributed by atoms with Crippen LogP contribution in [0.5, 0.6) is 0 Å². The number of rotatable bonds is 1. The first-order valence-corrected chi connectivity index (χ1v) is 7.13. The van der Waals surface area contributed by atoms with E-state index in [1.54, 1.807) is 17.8 Å². The van der Waals surface area contributed by atoms with Gasteiger partial charge < -0.3 is 10.0 Å². The second kappa shape index (κ2) is 4.30. The molecule has 1 saturated heterocycles. The molecule has 1 atom stereocenters. The van der Waals surface area contributed by atoms with Crippen LogP contribution in [0.4, 0.5) is 5.95 Å². The second-order valence-corrected chi connectivity index (χ2v) is 7.02. The maximum absolute atomic E-state index is 12.2. The molecule has 0 bridgehead atoms. The van der Waals surface area contributed by atoms with Crippen molar-refractivity contribution in [1.82, 2.24) is 19.7 Å². The molecule has 1 aliphatic heterocycles. The van der Waals surface area contributed by atoms with Crippen LogP contribution in [0.1, 0.15) is 34.1 Å². The molecule has 0 radical (unpaired) electrons. The zero-order chi connectivity index (χ0) is 15.4. The first kappa shape index (κ1) is 14.1. The molecule has 2 aromatic heterocycles. The van der Waals surface area contributed by atoms with Gasteiger partial charge in [0.1, 0.15) is 5.39 Å². The van der Waals surface area contributed by atoms with Crippen LogP contribution in [0.25, 0.3) is 11.0 Å². The van der Waals surface area contributed by atoms with Crippen LogP contribution in [0.15, 0.2) is 11.0 Å². The lowest BCUT2D eigenvalue weighted by Crippen LogP contribution is -2.32. The molecule has 0 amide bonds. The van der Waals surface area contributed by atoms with Gasteiger partial charge in [-0.15, -0.1) is 0 Å². The van der Waals surface area contributed by atoms with Gasteiger partial charge in [0.05, 0.1) is 17.3 Å². The number of hydrogen-bond donors (Lipinski definition) is 2. The fourth-order valence-electron chi connectivity index (χ4n) is 2.67. The summed E-state index contributed by atoms with van der Waals surface area (Å²) in [6, 6.07) is 0. The van der Waals surface area contributed by atoms with Gasteiger partial charge in [0.15, 0.2) is 5.65 Å². The molecule has 21 heavy (non-hydrogen) atoms. The minimum Gasteiger partial charge on any atom is -0.388 e. The molecule has 1 fully saturated rings. The van der Waals surface area contributed by atoms with Crippen molar-refractivity contribution in [3.8, 4) is 0 Å². The van der Waals surface area contributed by atoms with E-state index in [1.165, 1.54) is 0 Å². The largest absolute Gasteiger partial charge is 0.388 e. The molecule has 114 valence electrons. The van der Waals surface area contributed by atoms with E-state index in [4.69, 9.17) is 0 Å². The maximum atomic E-state index is 12.2. The number of anilines is 1. The van der Waals surface area contributed by atoms with E-state index in [2.05, 4.69) is 15.1 Å². The predicted molar refractivity (Wildman–Crippen MR) is 80.6 cm³/mol. The lowest BCUT2D eigenvalue weighted by atomic mass is 10.1. The van der Waals surface area contributed by atoms with Crippen LogP contribution in [-0.4, -0.2) is 43.5 Å². The zero-order valence-electron chi connectivity index (χ0n) is 12.8. The molecule has 2 aromatic rings. The predicted octanol–water partition coefficient (Wildman–Crippen LogP) is 0.836. The van der Waals surface area contributed by atoms with Gasteiger partial charge in [-0.05, 0) is 34.1 Å². The van der Waals surface area contributed by atoms with Crippen molar-refractivity contribution in [1.29, 1.82) is 0 Å². The number of aromatic amines is 1. The molecular weight excluding hydrogens is 270 g/mol. The van der Waals surface area contributed by atoms with Crippen molar-refractivity contribution in [3.63, 3.8) is 0 Å². The average molecular weight is 291 g/mol. The highest BCUT2D eigenvalue weighted by atomic mass is 16.3. The summed E-state index contributed by atoms with van der Waals surface area (Å²) in [5, 5.41) is 14.8. The molecule has 1 unspecified atom stereocenters. The van der Waals surface area contributed by atoms with Gasteiger partial charge in [-0.3, -0.25) is 9.78 Å². The van der Waals surface area contributed by atoms with Gasteiger partial charge in [0.2, 0.25) is 5.95 Å². The van der Waals surface area contributed by atoms with Gasteiger partial charge >= 0.3 is 0 Å². The number of hydrogen-bond acceptors (Lipinski definition) is 5. The Kier molecular flexibility index (Phi) is 2.88. The molecule has 7 nitrogen and oxygen atoms in total. The van der Waals surface area contributed by atoms with Crippen LogP contribution in [0, 0.1) is 0 Å². The van der Waals surface area contributed by atoms with Crippen molar-refractivity contribution in [2.24, 2.45) is 0 Å². The van der Waals surface area contributed by atoms with Crippen molar-refractivity contribution in [2.75, 3.05) is 18.0 Å². The van der Waals surface area contributed by atoms with Crippen LogP contribution >= 0.6 is 0 Å². The molecule has 1 aliphatic rings. The fourth-order valence-corrected chi connectivity index (χ4v) is 2.67. The third-order valence-corrected chi connectivity index (χ3v) is 3.81. The number of β-amino-alcohol motifs (C(OH)–C–C–N with tert-alkyl or cyclic N) is 1. The summed E-state index contributed by atoms with van der Waals surface area (Å²) in [7, 11) is 0. The number of H-pyrrole nitrogens is 1. The minimum atomic E-state index is -0.738. The third-order valence-electron chi connectivity index (χ3n) is 3.81. The summed E-state index contributed by atoms with van der Waals surface area (Å²) in [5.74, 6) is 0.497. The lowest BCUT2D eigenvalue weighted by molar-refractivity contribution is 0.0838. The number of aliphatic hydroxyl groups is 1. The Morgan fingerprint density at radius 1 is 1.43 bits per heavy atom. The van der Waals surface area contributed by atoms with E-state index < -0.39 is 5.60 Å². The van der Waals surface area contributed by atoms with Crippen LogP contribution in [0.3, 0.4) is 0 Å². The van der Waals surface area contributed by atoms with Crippen molar-refractivity contribution in [2.45, 2.75) is 45.3 Å². The molecule has 2 N–H and O–H groups in total. The Labute approximate surface area is 122 Å². The smallest absolute Gasteiger partial charge is 0.263 e. The van der Waals surface area contributed by atoms with Gasteiger partial charge in [-0.1, -0.05) is 0 Å². The van der Waals surface area contributed by atoms with E-state index in [9.17, 15) is 9.90 Å². The van der Waals surface area contributed by atoms with Crippen molar-refractivity contribution in [3.05, 3.63) is 16.6 Å². The topological polar surface area (TPSA) is 87.0 Å². The first-order chi connectivity index (χ1) is 9.67. The Bertz CT molecular complexity index is 738. The maximum Gasteiger partial charge on any atom is 0.263 e. The van der Waals surface area contributed by atoms with Gasteiger partial charge in [0.25, 0.3) is 5.56 Å². The molecule has 0 aliphatic carbocycles. The number of nitrogens with zero attached hydrogens (tertiary/aromatic N) is 4. The van der Waals surface area contributed by atoms with Crippen LogP contribution in [-0.2, 0) is 5.54 Å². The zero-order valence-corrected chi connectivity index (χ0v) is 12.8. The molecule has 3 heterocycles. The average Bonchev–Trinajstić information content (AvgIpc) is 2.91. The molecular formula is C14H21N5O2. The Balaban J connectivity index is 2.12. The number of aromatic nitrogens is 4. The fraction of sp³-hybridized carbons (Fsp3) is 0.643. The minimum absolute atomic E-state index is 0.197. The summed E-state index contributed by atoms with van der Waals surface area (Å²) in [6.45, 7) is 8.98. The summed E-state index contributed by atoms with van der Waals surface area (Å²) in [5.41, 5.74) is -0.612. The van der Waals surface area contributed by atoms with Crippen molar-refractivity contribution < 1.29 is 5.11 Å². The SMILES string of the molecule is CC1(O)CCN(c2nc3c(cnn3C(C)(C)C)c(=O)[nH]2)C1. The van der Waals surface area contributed by atoms with Crippen LogP contribution < -0.4 is 10.5 Å². The standard InChI is InChI=1S/C14H21N5O2/c1-13(2,3)19-10-9(7-15-19)11(20)17-12(16-10)18-6-5-14(4,21)8-18/h7,21H,5-6,8H2,1-4H3,(H,16,17,20). The summed E-state index contributed by atoms with van der Waals surface area (Å²) in [4.78, 5) is 21.5. The molecule has 7 heteroatoms. The Morgan fingerprint density at radius 2 is 2.14 bits per heavy atom. The summed E-state index contributed by atoms with van der Waals surface area (Å²) < 4.78 is 1.76. The monoisotopic (exact) mass is 291 g/mol. The van der Waals surface area contributed by atoms with E-state index in [0.29, 0.717) is 36.5 Å². The van der Waals surface area contributed by atoms with Gasteiger partial charge in [-0.25, -0.2) is 4.68 Å². The third kappa shape index (κ3) is 2.42. The highest BCUT2D eigenvalue weighted by Crippen LogP contribution is 2.25.